The molecule has 0 radical (unpaired) electrons. The number of hydrogen-bond donors (Lipinski definition) is 0. The van der Waals surface area contributed by atoms with Gasteiger partial charge in [-0.2, -0.15) is 0 Å². The average Bonchev–Trinajstić information content (AvgIpc) is 2.75. The fourth-order valence-electron chi connectivity index (χ4n) is 12.1. The molecule has 6 heteroatoms. The van der Waals surface area contributed by atoms with Gasteiger partial charge in [0.15, 0.2) is 0 Å². The van der Waals surface area contributed by atoms with Crippen LogP contribution < -0.4 is 0 Å². The molecule has 6 aromatic heterocycles. The molecule has 11 aromatic carbocycles. The van der Waals surface area contributed by atoms with Crippen molar-refractivity contribution in [2.24, 2.45) is 14.1 Å². The highest BCUT2D eigenvalue weighted by atomic mass is 32.1. The summed E-state index contributed by atoms with van der Waals surface area (Å²) in [5.41, 5.74) is 23.5. The minimum atomic E-state index is 0.973. The monoisotopic (exact) mass is 1180 g/mol. The maximum Gasteiger partial charge on any atom is 0.135 e. The number of furan rings is 2. The van der Waals surface area contributed by atoms with Crippen LogP contribution in [0.25, 0.3) is 117 Å². The molecule has 6 heterocycles. The van der Waals surface area contributed by atoms with Crippen LogP contribution in [0.3, 0.4) is 0 Å². The Kier molecular flexibility index (Phi) is 16.5. The number of rotatable bonds is 0. The maximum absolute atomic E-state index is 5.81. The van der Waals surface area contributed by atoms with Crippen LogP contribution in [0, 0.1) is 83.1 Å². The van der Waals surface area contributed by atoms with E-state index in [0.29, 0.717) is 0 Å². The summed E-state index contributed by atoms with van der Waals surface area (Å²) < 4.78 is 21.6. The van der Waals surface area contributed by atoms with Crippen LogP contribution in [0.2, 0.25) is 0 Å². The molecule has 438 valence electrons. The Morgan fingerprint density at radius 1 is 0.239 bits per heavy atom. The topological polar surface area (TPSA) is 36.1 Å². The zero-order valence-electron chi connectivity index (χ0n) is 53.2. The minimum absolute atomic E-state index is 0.973. The number of fused-ring (bicyclic) bond motifs is 16. The molecule has 0 bridgehead atoms. The third-order valence-electron chi connectivity index (χ3n) is 16.8. The fourth-order valence-corrected chi connectivity index (χ4v) is 14.5. The van der Waals surface area contributed by atoms with Gasteiger partial charge in [-0.1, -0.05) is 131 Å². The Morgan fingerprint density at radius 3 is 1.01 bits per heavy atom. The number of hydrogen-bond acceptors (Lipinski definition) is 4. The Hall–Kier alpha value is -9.20. The van der Waals surface area contributed by atoms with Gasteiger partial charge in [0, 0.05) is 115 Å². The molecular weight excluding hydrogens is 1110 g/mol. The van der Waals surface area contributed by atoms with Crippen molar-refractivity contribution in [3.8, 4) is 0 Å². The predicted octanol–water partition coefficient (Wildman–Crippen LogP) is 24.5. The molecule has 88 heavy (non-hydrogen) atoms. The molecular formula is C82H76N2O2S2. The number of thiophene rings is 2. The fraction of sp³-hybridized carbons (Fsp3) is 0.171. The van der Waals surface area contributed by atoms with E-state index >= 15 is 0 Å². The van der Waals surface area contributed by atoms with E-state index < -0.39 is 0 Å². The Labute approximate surface area is 524 Å². The van der Waals surface area contributed by atoms with Crippen molar-refractivity contribution in [2.75, 3.05) is 0 Å². The number of aryl methyl sites for hydroxylation is 14. The van der Waals surface area contributed by atoms with Crippen LogP contribution in [0.1, 0.15) is 66.8 Å². The van der Waals surface area contributed by atoms with Gasteiger partial charge in [0.1, 0.15) is 22.3 Å². The van der Waals surface area contributed by atoms with E-state index in [1.54, 1.807) is 0 Å². The summed E-state index contributed by atoms with van der Waals surface area (Å²) in [6, 6.07) is 72.0. The highest BCUT2D eigenvalue weighted by Crippen LogP contribution is 2.37. The molecule has 0 saturated carbocycles. The molecule has 17 rings (SSSR count). The molecule has 4 nitrogen and oxygen atoms in total. The maximum atomic E-state index is 5.81. The second-order valence-corrected chi connectivity index (χ2v) is 26.6. The molecule has 0 aliphatic heterocycles. The van der Waals surface area contributed by atoms with E-state index in [2.05, 4.69) is 301 Å². The zero-order chi connectivity index (χ0) is 61.7. The molecule has 0 unspecified atom stereocenters. The highest BCUT2D eigenvalue weighted by molar-refractivity contribution is 7.26. The van der Waals surface area contributed by atoms with Gasteiger partial charge in [-0.25, -0.2) is 0 Å². The summed E-state index contributed by atoms with van der Waals surface area (Å²) >= 11 is 3.77. The highest BCUT2D eigenvalue weighted by Gasteiger charge is 2.11. The standard InChI is InChI=1S/C15H15N.2C14H12O.2C14H12S.C11H13N/c1-10-4-6-12-13-7-5-11(2)9-15(13)16(3)14(12)8-10;1-9-3-5-13-11(7-9)12-8-10(2)4-6-14(12)15-13;1-9-3-5-11-12-6-4-10(2)8-14(12)15-13(11)7-9;1-9-3-5-13-11(7-9)12-8-10(2)4-6-14(12)15-13;1-9-3-5-11-12-6-4-10(2)8-14(12)15-13(11)7-9;1-8-4-5-11-10(6-8)9(2)7-12(11)3/h4-9H,1-3H3;4*3-8H,1-2H3;4-7H,1-3H3. The number of benzene rings is 11. The van der Waals surface area contributed by atoms with Crippen LogP contribution in [-0.2, 0) is 14.1 Å². The van der Waals surface area contributed by atoms with Crippen LogP contribution >= 0.6 is 22.7 Å². The number of nitrogens with zero attached hydrogens (tertiary/aromatic N) is 2. The van der Waals surface area contributed by atoms with Crippen molar-refractivity contribution < 1.29 is 8.83 Å². The van der Waals surface area contributed by atoms with Crippen molar-refractivity contribution in [1.82, 2.24) is 9.13 Å². The molecule has 0 atom stereocenters. The van der Waals surface area contributed by atoms with E-state index in [1.165, 1.54) is 161 Å². The van der Waals surface area contributed by atoms with Gasteiger partial charge >= 0.3 is 0 Å². The largest absolute Gasteiger partial charge is 0.456 e. The lowest BCUT2D eigenvalue weighted by atomic mass is 10.1. The van der Waals surface area contributed by atoms with Gasteiger partial charge in [-0.05, 0) is 219 Å². The molecule has 0 saturated heterocycles. The van der Waals surface area contributed by atoms with Crippen molar-refractivity contribution >= 4 is 140 Å². The van der Waals surface area contributed by atoms with Crippen LogP contribution in [0.4, 0.5) is 0 Å². The SMILES string of the molecule is Cc1ccc2c(c1)c(C)cn2C.Cc1ccc2c(c1)oc1cc(C)ccc12.Cc1ccc2c(c1)sc1cc(C)ccc12.Cc1ccc2c3ccc(C)cc3n(C)c2c1.Cc1ccc2oc3ccc(C)cc3c2c1.Cc1ccc2sc3ccc(C)cc3c2c1. The van der Waals surface area contributed by atoms with E-state index in [-0.39, 0.29) is 0 Å². The first kappa shape index (κ1) is 59.1. The van der Waals surface area contributed by atoms with Crippen LogP contribution in [-0.4, -0.2) is 9.13 Å². The molecule has 0 spiro atoms. The van der Waals surface area contributed by atoms with Gasteiger partial charge < -0.3 is 18.0 Å². The van der Waals surface area contributed by atoms with Gasteiger partial charge in [-0.3, -0.25) is 0 Å². The quantitative estimate of drug-likeness (QED) is 0.152. The van der Waals surface area contributed by atoms with Crippen LogP contribution in [0.5, 0.6) is 0 Å². The average molecular weight is 1190 g/mol. The minimum Gasteiger partial charge on any atom is -0.456 e. The van der Waals surface area contributed by atoms with E-state index in [9.17, 15) is 0 Å². The lowest BCUT2D eigenvalue weighted by Gasteiger charge is -1.99. The van der Waals surface area contributed by atoms with Gasteiger partial charge in [0.2, 0.25) is 0 Å². The normalized spacial score (nSPS) is 11.3. The first-order valence-electron chi connectivity index (χ1n) is 30.4. The Balaban J connectivity index is 0.000000103. The molecule has 17 aromatic rings. The molecule has 0 aliphatic carbocycles. The smallest absolute Gasteiger partial charge is 0.135 e. The summed E-state index contributed by atoms with van der Waals surface area (Å²) in [6.45, 7) is 25.5. The summed E-state index contributed by atoms with van der Waals surface area (Å²) in [4.78, 5) is 0. The zero-order valence-corrected chi connectivity index (χ0v) is 54.8. The Morgan fingerprint density at radius 2 is 0.557 bits per heavy atom. The summed E-state index contributed by atoms with van der Waals surface area (Å²) in [7, 11) is 4.23. The third-order valence-corrected chi connectivity index (χ3v) is 19.1. The summed E-state index contributed by atoms with van der Waals surface area (Å²) in [5.74, 6) is 0. The Bertz CT molecular complexity index is 4940. The molecule has 0 amide bonds. The van der Waals surface area contributed by atoms with Crippen LogP contribution in [0.15, 0.2) is 215 Å². The third kappa shape index (κ3) is 12.2. The van der Waals surface area contributed by atoms with Gasteiger partial charge in [0.25, 0.3) is 0 Å². The molecule has 0 aliphatic rings. The van der Waals surface area contributed by atoms with Crippen molar-refractivity contribution in [1.29, 1.82) is 0 Å². The van der Waals surface area contributed by atoms with Gasteiger partial charge in [0.05, 0.1) is 0 Å². The summed E-state index contributed by atoms with van der Waals surface area (Å²) in [5, 5.41) is 14.5. The lowest BCUT2D eigenvalue weighted by Crippen LogP contribution is -1.87. The van der Waals surface area contributed by atoms with E-state index in [0.717, 1.165) is 22.3 Å². The summed E-state index contributed by atoms with van der Waals surface area (Å²) in [6.07, 6.45) is 2.17. The van der Waals surface area contributed by atoms with Crippen molar-refractivity contribution in [3.63, 3.8) is 0 Å². The second kappa shape index (κ2) is 24.5. The first-order chi connectivity index (χ1) is 42.3. The second-order valence-electron chi connectivity index (χ2n) is 24.4. The van der Waals surface area contributed by atoms with Gasteiger partial charge in [-0.15, -0.1) is 22.7 Å². The van der Waals surface area contributed by atoms with Crippen molar-refractivity contribution in [2.45, 2.75) is 83.1 Å². The molecule has 0 fully saturated rings. The number of aromatic nitrogens is 2. The van der Waals surface area contributed by atoms with E-state index in [4.69, 9.17) is 8.83 Å². The molecule has 0 N–H and O–H groups in total. The van der Waals surface area contributed by atoms with E-state index in [1.807, 2.05) is 34.8 Å². The first-order valence-corrected chi connectivity index (χ1v) is 32.0. The lowest BCUT2D eigenvalue weighted by molar-refractivity contribution is 0.668. The predicted molar refractivity (Wildman–Crippen MR) is 386 cm³/mol. The van der Waals surface area contributed by atoms with Crippen molar-refractivity contribution in [3.05, 3.63) is 273 Å².